The zero-order valence-electron chi connectivity index (χ0n) is 6.75. The largest absolute Gasteiger partial charge is 0.281 e. The van der Waals surface area contributed by atoms with Crippen LogP contribution in [0.2, 0.25) is 0 Å². The van der Waals surface area contributed by atoms with E-state index in [-0.39, 0.29) is 0 Å². The number of likely N-dealkylation sites (N-methyl/N-ethyl adjacent to an activating group) is 2. The van der Waals surface area contributed by atoms with E-state index in [0.29, 0.717) is 5.50 Å². The molecule has 1 fully saturated rings. The molecule has 0 radical (unpaired) electrons. The Hall–Kier alpha value is 0.0100. The predicted octanol–water partition coefficient (Wildman–Crippen LogP) is 0.879. The maximum atomic E-state index is 4.33. The maximum Gasteiger partial charge on any atom is 0.107 e. The predicted molar refractivity (Wildman–Crippen MR) is 49.3 cm³/mol. The first-order valence-corrected chi connectivity index (χ1v) is 3.82. The normalized spacial score (nSPS) is 22.3. The van der Waals surface area contributed by atoms with Crippen LogP contribution in [0, 0.1) is 0 Å². The van der Waals surface area contributed by atoms with Crippen LogP contribution in [0.5, 0.6) is 0 Å². The van der Waals surface area contributed by atoms with Crippen molar-refractivity contribution in [2.75, 3.05) is 27.2 Å². The van der Waals surface area contributed by atoms with Crippen LogP contribution in [0.3, 0.4) is 0 Å². The van der Waals surface area contributed by atoms with Gasteiger partial charge in [0.1, 0.15) is 5.50 Å². The number of rotatable bonds is 0. The van der Waals surface area contributed by atoms with Gasteiger partial charge in [-0.2, -0.15) is 0 Å². The molecule has 0 aromatic carbocycles. The first kappa shape index (κ1) is 10.0. The minimum Gasteiger partial charge on any atom is -0.281 e. The van der Waals surface area contributed by atoms with Gasteiger partial charge in [0.2, 0.25) is 0 Å². The fourth-order valence-electron chi connectivity index (χ4n) is 0.883. The van der Waals surface area contributed by atoms with Crippen molar-refractivity contribution >= 4 is 12.6 Å². The number of nitrogens with zero attached hydrogens (tertiary/aromatic N) is 2. The van der Waals surface area contributed by atoms with E-state index in [4.69, 9.17) is 0 Å². The molecule has 0 aromatic heterocycles. The van der Waals surface area contributed by atoms with Crippen molar-refractivity contribution < 1.29 is 0 Å². The summed E-state index contributed by atoms with van der Waals surface area (Å²) in [5, 5.41) is 0. The summed E-state index contributed by atoms with van der Waals surface area (Å²) in [6.45, 7) is 8.29. The second-order valence-corrected chi connectivity index (χ2v) is 2.77. The van der Waals surface area contributed by atoms with Crippen LogP contribution in [0.1, 0.15) is 0 Å². The molecule has 0 amide bonds. The van der Waals surface area contributed by atoms with Gasteiger partial charge in [0.05, 0.1) is 0 Å². The summed E-state index contributed by atoms with van der Waals surface area (Å²) in [6, 6.07) is 0. The summed E-state index contributed by atoms with van der Waals surface area (Å²) in [5.74, 6) is 0. The molecule has 0 bridgehead atoms. The average molecular weight is 160 g/mol. The zero-order chi connectivity index (χ0) is 8.15. The Morgan fingerprint density at radius 2 is 1.50 bits per heavy atom. The molecule has 1 aliphatic rings. The van der Waals surface area contributed by atoms with E-state index in [9.17, 15) is 0 Å². The lowest BCUT2D eigenvalue weighted by atomic mass is 10.6. The van der Waals surface area contributed by atoms with E-state index < -0.39 is 0 Å². The molecule has 1 aliphatic heterocycles. The molecule has 1 heterocycles. The van der Waals surface area contributed by atoms with Gasteiger partial charge in [0.15, 0.2) is 0 Å². The van der Waals surface area contributed by atoms with Crippen LogP contribution in [-0.4, -0.2) is 42.5 Å². The molecule has 2 nitrogen and oxygen atoms in total. The van der Waals surface area contributed by atoms with E-state index >= 15 is 0 Å². The Morgan fingerprint density at radius 1 is 1.20 bits per heavy atom. The highest BCUT2D eigenvalue weighted by Crippen LogP contribution is 2.11. The molecule has 3 heteroatoms. The van der Waals surface area contributed by atoms with E-state index in [0.717, 1.165) is 13.1 Å². The molecular weight excluding hydrogens is 144 g/mol. The summed E-state index contributed by atoms with van der Waals surface area (Å²) in [7, 11) is 4.17. The van der Waals surface area contributed by atoms with Crippen molar-refractivity contribution in [3.63, 3.8) is 0 Å². The maximum absolute atomic E-state index is 4.33. The Kier molecular flexibility index (Phi) is 4.77. The van der Waals surface area contributed by atoms with E-state index in [1.54, 1.807) is 0 Å². The second kappa shape index (κ2) is 4.77. The van der Waals surface area contributed by atoms with Crippen molar-refractivity contribution in [2.45, 2.75) is 5.50 Å². The average Bonchev–Trinajstić information content (AvgIpc) is 2.25. The van der Waals surface area contributed by atoms with Gasteiger partial charge in [-0.1, -0.05) is 0 Å². The number of hydrogen-bond donors (Lipinski definition) is 1. The lowest BCUT2D eigenvalue weighted by molar-refractivity contribution is 0.282. The highest BCUT2D eigenvalue weighted by atomic mass is 32.1. The van der Waals surface area contributed by atoms with Crippen molar-refractivity contribution in [3.8, 4) is 0 Å². The van der Waals surface area contributed by atoms with Crippen LogP contribution in [0.4, 0.5) is 0 Å². The molecular formula is C7H16N2S. The lowest BCUT2D eigenvalue weighted by Gasteiger charge is -2.17. The molecule has 1 rings (SSSR count). The minimum atomic E-state index is 0.343. The first-order chi connectivity index (χ1) is 4.72. The summed E-state index contributed by atoms with van der Waals surface area (Å²) in [5.41, 5.74) is 0.343. The molecule has 0 saturated carbocycles. The van der Waals surface area contributed by atoms with Gasteiger partial charge >= 0.3 is 0 Å². The van der Waals surface area contributed by atoms with Gasteiger partial charge in [0, 0.05) is 13.1 Å². The van der Waals surface area contributed by atoms with Crippen LogP contribution in [0.15, 0.2) is 13.2 Å². The zero-order valence-corrected chi connectivity index (χ0v) is 7.64. The van der Waals surface area contributed by atoms with Gasteiger partial charge in [-0.15, -0.1) is 25.8 Å². The van der Waals surface area contributed by atoms with Crippen molar-refractivity contribution in [1.82, 2.24) is 9.80 Å². The van der Waals surface area contributed by atoms with Gasteiger partial charge in [0.25, 0.3) is 0 Å². The molecule has 0 N–H and O–H groups in total. The standard InChI is InChI=1S/C5H12N2S.C2H4/c1-6-3-4-7(2)5(6)8;1-2/h5,8H,3-4H2,1-2H3;1-2H2. The molecule has 1 saturated heterocycles. The molecule has 60 valence electrons. The molecule has 0 spiro atoms. The molecule has 0 aromatic rings. The fourth-order valence-corrected chi connectivity index (χ4v) is 1.11. The van der Waals surface area contributed by atoms with E-state index in [1.165, 1.54) is 0 Å². The Labute approximate surface area is 68.9 Å². The lowest BCUT2D eigenvalue weighted by Crippen LogP contribution is -2.28. The minimum absolute atomic E-state index is 0.343. The van der Waals surface area contributed by atoms with Crippen LogP contribution in [0.25, 0.3) is 0 Å². The summed E-state index contributed by atoms with van der Waals surface area (Å²) < 4.78 is 0. The van der Waals surface area contributed by atoms with Crippen molar-refractivity contribution in [1.29, 1.82) is 0 Å². The first-order valence-electron chi connectivity index (χ1n) is 3.30. The Bertz CT molecular complexity index is 87.6. The monoisotopic (exact) mass is 160 g/mol. The van der Waals surface area contributed by atoms with Crippen molar-refractivity contribution in [3.05, 3.63) is 13.2 Å². The van der Waals surface area contributed by atoms with Gasteiger partial charge in [-0.05, 0) is 14.1 Å². The topological polar surface area (TPSA) is 6.48 Å². The SMILES string of the molecule is C=C.CN1CCN(C)C1S. The Balaban J connectivity index is 0.000000371. The summed E-state index contributed by atoms with van der Waals surface area (Å²) in [6.07, 6.45) is 0. The number of hydrogen-bond acceptors (Lipinski definition) is 3. The quantitative estimate of drug-likeness (QED) is 0.415. The van der Waals surface area contributed by atoms with Gasteiger partial charge < -0.3 is 0 Å². The van der Waals surface area contributed by atoms with Crippen molar-refractivity contribution in [2.24, 2.45) is 0 Å². The highest BCUT2D eigenvalue weighted by molar-refractivity contribution is 7.80. The van der Waals surface area contributed by atoms with E-state index in [1.807, 2.05) is 0 Å². The third-order valence-electron chi connectivity index (χ3n) is 1.59. The smallest absolute Gasteiger partial charge is 0.107 e. The van der Waals surface area contributed by atoms with Gasteiger partial charge in [-0.25, -0.2) is 0 Å². The van der Waals surface area contributed by atoms with Crippen LogP contribution >= 0.6 is 12.6 Å². The van der Waals surface area contributed by atoms with Gasteiger partial charge in [-0.3, -0.25) is 9.80 Å². The molecule has 0 aliphatic carbocycles. The van der Waals surface area contributed by atoms with E-state index in [2.05, 4.69) is 49.7 Å². The molecule has 0 unspecified atom stereocenters. The third-order valence-corrected chi connectivity index (χ3v) is 2.38. The highest BCUT2D eigenvalue weighted by Gasteiger charge is 2.21. The van der Waals surface area contributed by atoms with Crippen LogP contribution < -0.4 is 0 Å². The number of thiol groups is 1. The fraction of sp³-hybridized carbons (Fsp3) is 0.714. The molecule has 0 atom stereocenters. The summed E-state index contributed by atoms with van der Waals surface area (Å²) >= 11 is 4.33. The Morgan fingerprint density at radius 3 is 1.60 bits per heavy atom. The van der Waals surface area contributed by atoms with Crippen LogP contribution in [-0.2, 0) is 0 Å². The summed E-state index contributed by atoms with van der Waals surface area (Å²) in [4.78, 5) is 4.42. The second-order valence-electron chi connectivity index (χ2n) is 2.31. The molecule has 10 heavy (non-hydrogen) atoms. The third kappa shape index (κ3) is 2.33.